The molecule has 2 fully saturated rings. The van der Waals surface area contributed by atoms with E-state index in [1.54, 1.807) is 22.5 Å². The van der Waals surface area contributed by atoms with Crippen molar-refractivity contribution in [1.82, 2.24) is 9.21 Å². The Balaban J connectivity index is 1.58. The van der Waals surface area contributed by atoms with E-state index in [4.69, 9.17) is 9.47 Å². The molecule has 1 atom stereocenters. The van der Waals surface area contributed by atoms with E-state index in [2.05, 4.69) is 4.90 Å². The molecule has 6 nitrogen and oxygen atoms in total. The van der Waals surface area contributed by atoms with Gasteiger partial charge in [-0.2, -0.15) is 4.31 Å². The first-order valence-electron chi connectivity index (χ1n) is 8.78. The normalized spacial score (nSPS) is 25.2. The zero-order chi connectivity index (χ0) is 16.6. The van der Waals surface area contributed by atoms with Crippen LogP contribution in [-0.2, 0) is 10.0 Å². The third kappa shape index (κ3) is 3.00. The Morgan fingerprint density at radius 1 is 1.00 bits per heavy atom. The van der Waals surface area contributed by atoms with Crippen molar-refractivity contribution in [2.75, 3.05) is 33.0 Å². The molecule has 7 heteroatoms. The van der Waals surface area contributed by atoms with Gasteiger partial charge in [0.2, 0.25) is 16.8 Å². The smallest absolute Gasteiger partial charge is 0.243 e. The van der Waals surface area contributed by atoms with Gasteiger partial charge in [-0.25, -0.2) is 8.42 Å². The number of fused-ring (bicyclic) bond motifs is 1. The highest BCUT2D eigenvalue weighted by molar-refractivity contribution is 7.89. The third-order valence-electron chi connectivity index (χ3n) is 5.19. The van der Waals surface area contributed by atoms with Gasteiger partial charge < -0.3 is 14.4 Å². The quantitative estimate of drug-likeness (QED) is 0.830. The predicted octanol–water partition coefficient (Wildman–Crippen LogP) is 2.05. The van der Waals surface area contributed by atoms with Crippen molar-refractivity contribution in [3.05, 3.63) is 18.2 Å². The number of rotatable bonds is 4. The summed E-state index contributed by atoms with van der Waals surface area (Å²) < 4.78 is 38.7. The average Bonchev–Trinajstić information content (AvgIpc) is 3.25. The number of ether oxygens (including phenoxy) is 2. The van der Waals surface area contributed by atoms with Crippen molar-refractivity contribution in [3.63, 3.8) is 0 Å². The minimum Gasteiger partial charge on any atom is -0.454 e. The number of benzene rings is 1. The first kappa shape index (κ1) is 16.2. The Hall–Kier alpha value is -1.31. The maximum Gasteiger partial charge on any atom is 0.243 e. The number of hydrogen-bond donors (Lipinski definition) is 0. The summed E-state index contributed by atoms with van der Waals surface area (Å²) in [7, 11) is -3.50. The monoisotopic (exact) mass is 352 g/mol. The van der Waals surface area contributed by atoms with Crippen LogP contribution in [-0.4, -0.2) is 56.6 Å². The highest BCUT2D eigenvalue weighted by Crippen LogP contribution is 2.36. The summed E-state index contributed by atoms with van der Waals surface area (Å²) in [4.78, 5) is 2.71. The number of likely N-dealkylation sites (tertiary alicyclic amines) is 1. The molecule has 24 heavy (non-hydrogen) atoms. The molecule has 0 N–H and O–H groups in total. The lowest BCUT2D eigenvalue weighted by atomic mass is 10.0. The van der Waals surface area contributed by atoms with Crippen LogP contribution in [0.4, 0.5) is 0 Å². The molecular weight excluding hydrogens is 328 g/mol. The minimum absolute atomic E-state index is 0.0762. The lowest BCUT2D eigenvalue weighted by molar-refractivity contribution is 0.173. The van der Waals surface area contributed by atoms with Crippen LogP contribution in [0, 0.1) is 0 Å². The standard InChI is InChI=1S/C17H24N2O4S/c20-24(21,15-6-7-16-17(11-15)23-13-22-16)19-10-2-1-5-14(19)12-18-8-3-4-9-18/h6-7,11,14H,1-5,8-10,12-13H2/t14-/m0/s1. The summed E-state index contributed by atoms with van der Waals surface area (Å²) in [5.41, 5.74) is 0. The second kappa shape index (κ2) is 6.54. The zero-order valence-electron chi connectivity index (χ0n) is 13.8. The van der Waals surface area contributed by atoms with Crippen LogP contribution < -0.4 is 9.47 Å². The van der Waals surface area contributed by atoms with Gasteiger partial charge in [-0.15, -0.1) is 0 Å². The SMILES string of the molecule is O=S(=O)(c1ccc2c(c1)OCO2)N1CCCC[C@H]1CN1CCCC1. The maximum atomic E-state index is 13.2. The van der Waals surface area contributed by atoms with Crippen LogP contribution >= 0.6 is 0 Å². The second-order valence-corrected chi connectivity index (χ2v) is 8.68. The summed E-state index contributed by atoms with van der Waals surface area (Å²) in [5, 5.41) is 0. The van der Waals surface area contributed by atoms with E-state index in [0.717, 1.165) is 38.9 Å². The lowest BCUT2D eigenvalue weighted by Gasteiger charge is -2.36. The molecule has 3 heterocycles. The maximum absolute atomic E-state index is 13.2. The van der Waals surface area contributed by atoms with Crippen molar-refractivity contribution in [2.45, 2.75) is 43.0 Å². The molecule has 0 saturated carbocycles. The van der Waals surface area contributed by atoms with Crippen LogP contribution in [0.15, 0.2) is 23.1 Å². The van der Waals surface area contributed by atoms with E-state index < -0.39 is 10.0 Å². The Labute approximate surface area is 143 Å². The Morgan fingerprint density at radius 2 is 1.75 bits per heavy atom. The summed E-state index contributed by atoms with van der Waals surface area (Å²) in [6.07, 6.45) is 5.43. The van der Waals surface area contributed by atoms with E-state index in [1.165, 1.54) is 12.8 Å². The van der Waals surface area contributed by atoms with Gasteiger partial charge in [0.1, 0.15) is 0 Å². The molecule has 0 aliphatic carbocycles. The molecule has 0 bridgehead atoms. The fourth-order valence-electron chi connectivity index (χ4n) is 3.91. The largest absolute Gasteiger partial charge is 0.454 e. The fraction of sp³-hybridized carbons (Fsp3) is 0.647. The molecule has 1 aromatic rings. The zero-order valence-corrected chi connectivity index (χ0v) is 14.6. The first-order valence-corrected chi connectivity index (χ1v) is 10.2. The Morgan fingerprint density at radius 3 is 2.58 bits per heavy atom. The van der Waals surface area contributed by atoms with Crippen LogP contribution in [0.2, 0.25) is 0 Å². The van der Waals surface area contributed by atoms with E-state index in [1.807, 2.05) is 0 Å². The van der Waals surface area contributed by atoms with Gasteiger partial charge in [-0.3, -0.25) is 0 Å². The minimum atomic E-state index is -3.50. The number of piperidine rings is 1. The molecular formula is C17H24N2O4S. The number of nitrogens with zero attached hydrogens (tertiary/aromatic N) is 2. The molecule has 0 aromatic heterocycles. The molecule has 0 radical (unpaired) electrons. The highest BCUT2D eigenvalue weighted by atomic mass is 32.2. The molecule has 3 aliphatic heterocycles. The van der Waals surface area contributed by atoms with Crippen molar-refractivity contribution in [1.29, 1.82) is 0 Å². The summed E-state index contributed by atoms with van der Waals surface area (Å²) in [6, 6.07) is 4.99. The van der Waals surface area contributed by atoms with Gasteiger partial charge in [0.15, 0.2) is 11.5 Å². The molecule has 0 unspecified atom stereocenters. The van der Waals surface area contributed by atoms with Gasteiger partial charge in [-0.1, -0.05) is 6.42 Å². The van der Waals surface area contributed by atoms with Gasteiger partial charge >= 0.3 is 0 Å². The Kier molecular flexibility index (Phi) is 4.40. The summed E-state index contributed by atoms with van der Waals surface area (Å²) >= 11 is 0. The molecule has 132 valence electrons. The fourth-order valence-corrected chi connectivity index (χ4v) is 5.61. The molecule has 3 aliphatic rings. The second-order valence-electron chi connectivity index (χ2n) is 6.79. The van der Waals surface area contributed by atoms with Crippen LogP contribution in [0.25, 0.3) is 0 Å². The first-order chi connectivity index (χ1) is 11.6. The van der Waals surface area contributed by atoms with Crippen LogP contribution in [0.5, 0.6) is 11.5 Å². The molecule has 2 saturated heterocycles. The predicted molar refractivity (Wildman–Crippen MR) is 89.8 cm³/mol. The molecule has 0 spiro atoms. The van der Waals surface area contributed by atoms with Crippen LogP contribution in [0.3, 0.4) is 0 Å². The molecule has 4 rings (SSSR count). The summed E-state index contributed by atoms with van der Waals surface area (Å²) in [5.74, 6) is 1.13. The van der Waals surface area contributed by atoms with Gasteiger partial charge in [0, 0.05) is 25.2 Å². The van der Waals surface area contributed by atoms with Crippen molar-refractivity contribution in [2.24, 2.45) is 0 Å². The van der Waals surface area contributed by atoms with Gasteiger partial charge in [0.05, 0.1) is 4.90 Å². The molecule has 1 aromatic carbocycles. The van der Waals surface area contributed by atoms with E-state index >= 15 is 0 Å². The molecule has 0 amide bonds. The number of hydrogen-bond acceptors (Lipinski definition) is 5. The van der Waals surface area contributed by atoms with E-state index in [0.29, 0.717) is 22.9 Å². The van der Waals surface area contributed by atoms with Crippen molar-refractivity contribution < 1.29 is 17.9 Å². The lowest BCUT2D eigenvalue weighted by Crippen LogP contribution is -2.48. The van der Waals surface area contributed by atoms with Gasteiger partial charge in [-0.05, 0) is 50.9 Å². The highest BCUT2D eigenvalue weighted by Gasteiger charge is 2.35. The van der Waals surface area contributed by atoms with Crippen LogP contribution in [0.1, 0.15) is 32.1 Å². The van der Waals surface area contributed by atoms with Crippen molar-refractivity contribution in [3.8, 4) is 11.5 Å². The average molecular weight is 352 g/mol. The van der Waals surface area contributed by atoms with Gasteiger partial charge in [0.25, 0.3) is 0 Å². The Bertz CT molecular complexity index is 701. The number of sulfonamides is 1. The van der Waals surface area contributed by atoms with E-state index in [-0.39, 0.29) is 12.8 Å². The van der Waals surface area contributed by atoms with E-state index in [9.17, 15) is 8.42 Å². The van der Waals surface area contributed by atoms with Crippen molar-refractivity contribution >= 4 is 10.0 Å². The topological polar surface area (TPSA) is 59.1 Å². The third-order valence-corrected chi connectivity index (χ3v) is 7.14. The summed E-state index contributed by atoms with van der Waals surface area (Å²) in [6.45, 7) is 3.79.